The highest BCUT2D eigenvalue weighted by Crippen LogP contribution is 2.27. The largest absolute Gasteiger partial charge is 0.310 e. The summed E-state index contributed by atoms with van der Waals surface area (Å²) >= 11 is 0. The Hall–Kier alpha value is -3.74. The third-order valence-electron chi connectivity index (χ3n) is 5.85. The normalized spacial score (nSPS) is 13.1. The number of amides is 1. The number of benzene rings is 2. The molecule has 5 rings (SSSR count). The summed E-state index contributed by atoms with van der Waals surface area (Å²) in [7, 11) is 0. The van der Waals surface area contributed by atoms with Crippen LogP contribution >= 0.6 is 0 Å². The second kappa shape index (κ2) is 6.95. The molecular formula is C23H21N5O2. The molecule has 0 saturated heterocycles. The van der Waals surface area contributed by atoms with Crippen molar-refractivity contribution in [2.75, 3.05) is 11.4 Å². The van der Waals surface area contributed by atoms with E-state index in [-0.39, 0.29) is 18.0 Å². The van der Waals surface area contributed by atoms with Crippen molar-refractivity contribution in [2.45, 2.75) is 26.8 Å². The minimum absolute atomic E-state index is 0.0508. The topological polar surface area (TPSA) is 73.0 Å². The molecule has 2 aromatic carbocycles. The van der Waals surface area contributed by atoms with Crippen LogP contribution in [0.3, 0.4) is 0 Å². The Morgan fingerprint density at radius 1 is 1.07 bits per heavy atom. The van der Waals surface area contributed by atoms with E-state index in [1.165, 1.54) is 17.1 Å². The lowest BCUT2D eigenvalue weighted by Crippen LogP contribution is -2.35. The first-order chi connectivity index (χ1) is 14.5. The second-order valence-electron chi connectivity index (χ2n) is 7.61. The van der Waals surface area contributed by atoms with Gasteiger partial charge >= 0.3 is 0 Å². The lowest BCUT2D eigenvalue weighted by molar-refractivity contribution is -0.119. The van der Waals surface area contributed by atoms with Crippen LogP contribution < -0.4 is 10.5 Å². The maximum Gasteiger partial charge on any atom is 0.264 e. The highest BCUT2D eigenvalue weighted by Gasteiger charge is 2.25. The first kappa shape index (κ1) is 18.3. The van der Waals surface area contributed by atoms with Crippen molar-refractivity contribution in [2.24, 2.45) is 0 Å². The number of aryl methyl sites for hydroxylation is 1. The standard InChI is InChI=1S/C23H21N5O2/c1-15-6-5-9-19(16(15)2)28-22-18(12-25-28)23(30)26(14-24-22)13-21(29)27-11-10-17-7-3-4-8-20(17)27/h3-9,12,14H,10-11,13H2,1-2H3. The minimum atomic E-state index is -0.266. The second-order valence-corrected chi connectivity index (χ2v) is 7.61. The van der Waals surface area contributed by atoms with Crippen molar-refractivity contribution in [1.29, 1.82) is 0 Å². The van der Waals surface area contributed by atoms with Crippen molar-refractivity contribution in [3.05, 3.63) is 82.0 Å². The number of nitrogens with zero attached hydrogens (tertiary/aromatic N) is 5. The summed E-state index contributed by atoms with van der Waals surface area (Å²) in [5.74, 6) is -0.120. The highest BCUT2D eigenvalue weighted by atomic mass is 16.2. The zero-order chi connectivity index (χ0) is 20.8. The average molecular weight is 399 g/mol. The molecule has 30 heavy (non-hydrogen) atoms. The molecule has 2 aromatic heterocycles. The van der Waals surface area contributed by atoms with Gasteiger partial charge in [0.25, 0.3) is 5.56 Å². The molecule has 0 fully saturated rings. The summed E-state index contributed by atoms with van der Waals surface area (Å²) < 4.78 is 3.04. The Balaban J connectivity index is 1.49. The summed E-state index contributed by atoms with van der Waals surface area (Å²) in [5.41, 5.74) is 5.41. The van der Waals surface area contributed by atoms with E-state index < -0.39 is 0 Å². The van der Waals surface area contributed by atoms with E-state index in [2.05, 4.69) is 10.1 Å². The Labute approximate surface area is 173 Å². The number of hydrogen-bond donors (Lipinski definition) is 0. The monoisotopic (exact) mass is 399 g/mol. The Morgan fingerprint density at radius 3 is 2.73 bits per heavy atom. The summed E-state index contributed by atoms with van der Waals surface area (Å²) in [4.78, 5) is 32.1. The van der Waals surface area contributed by atoms with Crippen LogP contribution in [0.5, 0.6) is 0 Å². The summed E-state index contributed by atoms with van der Waals surface area (Å²) in [6.45, 7) is 4.64. The number of anilines is 1. The van der Waals surface area contributed by atoms with Crippen LogP contribution in [0.4, 0.5) is 5.69 Å². The van der Waals surface area contributed by atoms with Crippen LogP contribution in [0, 0.1) is 13.8 Å². The molecule has 1 aliphatic rings. The molecule has 0 atom stereocenters. The van der Waals surface area contributed by atoms with Gasteiger partial charge in [-0.3, -0.25) is 14.2 Å². The van der Waals surface area contributed by atoms with Crippen LogP contribution in [0.15, 0.2) is 59.8 Å². The van der Waals surface area contributed by atoms with Crippen molar-refractivity contribution in [1.82, 2.24) is 19.3 Å². The van der Waals surface area contributed by atoms with Crippen LogP contribution in [0.2, 0.25) is 0 Å². The maximum atomic E-state index is 13.0. The van der Waals surface area contributed by atoms with Crippen LogP contribution in [-0.4, -0.2) is 31.8 Å². The van der Waals surface area contributed by atoms with Crippen molar-refractivity contribution in [3.63, 3.8) is 0 Å². The summed E-state index contributed by atoms with van der Waals surface area (Å²) in [6, 6.07) is 13.8. The highest BCUT2D eigenvalue weighted by molar-refractivity contribution is 5.95. The molecule has 3 heterocycles. The van der Waals surface area contributed by atoms with Crippen molar-refractivity contribution in [3.8, 4) is 5.69 Å². The van der Waals surface area contributed by atoms with E-state index in [0.29, 0.717) is 17.6 Å². The van der Waals surface area contributed by atoms with Gasteiger partial charge in [0.15, 0.2) is 5.65 Å². The molecular weight excluding hydrogens is 378 g/mol. The van der Waals surface area contributed by atoms with Crippen LogP contribution in [0.1, 0.15) is 16.7 Å². The van der Waals surface area contributed by atoms with E-state index in [4.69, 9.17) is 0 Å². The van der Waals surface area contributed by atoms with E-state index in [1.54, 1.807) is 9.58 Å². The number of rotatable bonds is 3. The fraction of sp³-hybridized carbons (Fsp3) is 0.217. The zero-order valence-corrected chi connectivity index (χ0v) is 16.9. The van der Waals surface area contributed by atoms with Gasteiger partial charge in [-0.1, -0.05) is 30.3 Å². The number of para-hydroxylation sites is 1. The molecule has 0 saturated carbocycles. The third kappa shape index (κ3) is 2.82. The molecule has 0 unspecified atom stereocenters. The van der Waals surface area contributed by atoms with Gasteiger partial charge in [-0.05, 0) is 49.1 Å². The van der Waals surface area contributed by atoms with Gasteiger partial charge < -0.3 is 4.90 Å². The fourth-order valence-corrected chi connectivity index (χ4v) is 4.03. The van der Waals surface area contributed by atoms with E-state index in [0.717, 1.165) is 34.5 Å². The molecule has 1 amide bonds. The number of fused-ring (bicyclic) bond motifs is 2. The van der Waals surface area contributed by atoms with Gasteiger partial charge in [0.2, 0.25) is 5.91 Å². The van der Waals surface area contributed by atoms with Gasteiger partial charge in [0, 0.05) is 12.2 Å². The number of hydrogen-bond acceptors (Lipinski definition) is 4. The molecule has 150 valence electrons. The predicted molar refractivity (Wildman–Crippen MR) is 115 cm³/mol. The first-order valence-corrected chi connectivity index (χ1v) is 9.92. The third-order valence-corrected chi connectivity index (χ3v) is 5.85. The molecule has 0 radical (unpaired) electrons. The Bertz CT molecular complexity index is 1350. The predicted octanol–water partition coefficient (Wildman–Crippen LogP) is 2.79. The summed E-state index contributed by atoms with van der Waals surface area (Å²) in [6.07, 6.45) is 3.79. The van der Waals surface area contributed by atoms with Gasteiger partial charge in [-0.2, -0.15) is 5.10 Å². The molecule has 7 nitrogen and oxygen atoms in total. The summed E-state index contributed by atoms with van der Waals surface area (Å²) in [5, 5.41) is 4.80. The first-order valence-electron chi connectivity index (χ1n) is 9.92. The molecule has 4 aromatic rings. The van der Waals surface area contributed by atoms with E-state index >= 15 is 0 Å². The van der Waals surface area contributed by atoms with Gasteiger partial charge in [-0.25, -0.2) is 9.67 Å². The van der Waals surface area contributed by atoms with Crippen molar-refractivity contribution >= 4 is 22.6 Å². The smallest absolute Gasteiger partial charge is 0.264 e. The van der Waals surface area contributed by atoms with Gasteiger partial charge in [-0.15, -0.1) is 0 Å². The lowest BCUT2D eigenvalue weighted by Gasteiger charge is -2.17. The Morgan fingerprint density at radius 2 is 1.87 bits per heavy atom. The number of carbonyl (C=O) groups is 1. The number of carbonyl (C=O) groups excluding carboxylic acids is 1. The zero-order valence-electron chi connectivity index (χ0n) is 16.9. The molecule has 7 heteroatoms. The van der Waals surface area contributed by atoms with E-state index in [1.807, 2.05) is 56.3 Å². The average Bonchev–Trinajstić information content (AvgIpc) is 3.37. The maximum absolute atomic E-state index is 13.0. The van der Waals surface area contributed by atoms with Gasteiger partial charge in [0.05, 0.1) is 11.9 Å². The SMILES string of the molecule is Cc1cccc(-n2ncc3c(=O)n(CC(=O)N4CCc5ccccc54)cnc32)c1C. The van der Waals surface area contributed by atoms with Crippen LogP contribution in [-0.2, 0) is 17.8 Å². The van der Waals surface area contributed by atoms with Crippen molar-refractivity contribution < 1.29 is 4.79 Å². The lowest BCUT2D eigenvalue weighted by atomic mass is 10.1. The molecule has 1 aliphatic heterocycles. The quantitative estimate of drug-likeness (QED) is 0.531. The Kier molecular flexibility index (Phi) is 4.24. The molecule has 0 bridgehead atoms. The number of aromatic nitrogens is 4. The molecule has 0 spiro atoms. The minimum Gasteiger partial charge on any atom is -0.310 e. The molecule has 0 aliphatic carbocycles. The van der Waals surface area contributed by atoms with E-state index in [9.17, 15) is 9.59 Å². The molecule has 0 N–H and O–H groups in total. The van der Waals surface area contributed by atoms with Gasteiger partial charge in [0.1, 0.15) is 18.3 Å². The fourth-order valence-electron chi connectivity index (χ4n) is 4.03. The van der Waals surface area contributed by atoms with Crippen LogP contribution in [0.25, 0.3) is 16.7 Å².